The van der Waals surface area contributed by atoms with E-state index in [0.717, 1.165) is 12.8 Å². The van der Waals surface area contributed by atoms with Crippen LogP contribution in [-0.4, -0.2) is 59.9 Å². The van der Waals surface area contributed by atoms with E-state index in [9.17, 15) is 13.2 Å². The van der Waals surface area contributed by atoms with Crippen molar-refractivity contribution in [3.8, 4) is 0 Å². The van der Waals surface area contributed by atoms with Gasteiger partial charge in [-0.15, -0.1) is 0 Å². The standard InChI is InChI=1S/C13H19NO4S.Mg.2H/c1-3-9-14(10-4-2)19(17,18)12-7-5-11(6-8-12)13(15)16;;;/h5-8H,3-4,9-10H2,1-2H3,(H,15,16);;;/q;+2;2*-1. The van der Waals surface area contributed by atoms with E-state index < -0.39 is 16.0 Å². The molecule has 1 N–H and O–H groups in total. The summed E-state index contributed by atoms with van der Waals surface area (Å²) in [5, 5.41) is 8.80. The molecule has 1 rings (SSSR count). The van der Waals surface area contributed by atoms with Crippen LogP contribution in [0.3, 0.4) is 0 Å². The molecule has 0 atom stereocenters. The first-order valence-electron chi connectivity index (χ1n) is 6.27. The zero-order valence-electron chi connectivity index (χ0n) is 13.9. The first-order valence-corrected chi connectivity index (χ1v) is 7.71. The molecule has 20 heavy (non-hydrogen) atoms. The number of carboxylic acid groups (broad SMARTS) is 1. The third-order valence-electron chi connectivity index (χ3n) is 2.69. The van der Waals surface area contributed by atoms with Crippen molar-refractivity contribution in [1.29, 1.82) is 0 Å². The molecule has 0 aliphatic carbocycles. The van der Waals surface area contributed by atoms with Crippen molar-refractivity contribution in [2.75, 3.05) is 13.1 Å². The van der Waals surface area contributed by atoms with Crippen molar-refractivity contribution in [2.24, 2.45) is 0 Å². The van der Waals surface area contributed by atoms with Gasteiger partial charge in [-0.05, 0) is 37.1 Å². The van der Waals surface area contributed by atoms with Gasteiger partial charge in [-0.1, -0.05) is 13.8 Å². The third-order valence-corrected chi connectivity index (χ3v) is 4.60. The van der Waals surface area contributed by atoms with Crippen molar-refractivity contribution >= 4 is 39.0 Å². The van der Waals surface area contributed by atoms with Crippen LogP contribution in [0, 0.1) is 0 Å². The van der Waals surface area contributed by atoms with Crippen LogP contribution in [-0.2, 0) is 10.0 Å². The van der Waals surface area contributed by atoms with Crippen molar-refractivity contribution < 1.29 is 21.2 Å². The maximum Gasteiger partial charge on any atom is 2.00 e. The van der Waals surface area contributed by atoms with E-state index in [1.54, 1.807) is 0 Å². The monoisotopic (exact) mass is 311 g/mol. The second-order valence-electron chi connectivity index (χ2n) is 4.23. The Labute approximate surface area is 139 Å². The van der Waals surface area contributed by atoms with Crippen LogP contribution in [0.5, 0.6) is 0 Å². The molecule has 0 saturated heterocycles. The molecular formula is C13H21MgNO4S. The molecule has 0 bridgehead atoms. The number of hydrogen-bond donors (Lipinski definition) is 1. The summed E-state index contributed by atoms with van der Waals surface area (Å²) in [5.74, 6) is -1.07. The molecule has 0 aromatic heterocycles. The SMILES string of the molecule is CCCN(CCC)S(=O)(=O)c1ccc(C(=O)O)cc1.[H-].[H-].[Mg+2]. The maximum absolute atomic E-state index is 12.4. The summed E-state index contributed by atoms with van der Waals surface area (Å²) in [5.41, 5.74) is 0.0801. The van der Waals surface area contributed by atoms with Crippen LogP contribution in [0.2, 0.25) is 0 Å². The molecule has 1 aromatic rings. The predicted octanol–water partition coefficient (Wildman–Crippen LogP) is 2.04. The Bertz CT molecular complexity index is 531. The first-order chi connectivity index (χ1) is 8.93. The molecule has 0 fully saturated rings. The quantitative estimate of drug-likeness (QED) is 0.782. The zero-order chi connectivity index (χ0) is 14.5. The van der Waals surface area contributed by atoms with E-state index in [0.29, 0.717) is 13.1 Å². The van der Waals surface area contributed by atoms with E-state index in [1.807, 2.05) is 13.8 Å². The Balaban J connectivity index is -0.00000120. The maximum atomic E-state index is 12.4. The Hall–Kier alpha value is -0.634. The Morgan fingerprint density at radius 1 is 1.15 bits per heavy atom. The second kappa shape index (κ2) is 8.61. The summed E-state index contributed by atoms with van der Waals surface area (Å²) in [4.78, 5) is 10.9. The Kier molecular flexibility index (Phi) is 8.34. The molecule has 0 heterocycles. The van der Waals surface area contributed by atoms with Crippen molar-refractivity contribution in [3.05, 3.63) is 29.8 Å². The fourth-order valence-corrected chi connectivity index (χ4v) is 3.39. The fraction of sp³-hybridized carbons (Fsp3) is 0.462. The van der Waals surface area contributed by atoms with Crippen molar-refractivity contribution in [2.45, 2.75) is 31.6 Å². The van der Waals surface area contributed by atoms with Crippen LogP contribution in [0.1, 0.15) is 39.9 Å². The topological polar surface area (TPSA) is 74.7 Å². The molecule has 0 unspecified atom stereocenters. The number of carboxylic acids is 1. The summed E-state index contributed by atoms with van der Waals surface area (Å²) in [6.07, 6.45) is 1.48. The minimum absolute atomic E-state index is 0. The number of aromatic carboxylic acids is 1. The van der Waals surface area contributed by atoms with Crippen LogP contribution in [0.15, 0.2) is 29.2 Å². The van der Waals surface area contributed by atoms with Crippen LogP contribution in [0.25, 0.3) is 0 Å². The number of rotatable bonds is 7. The average Bonchev–Trinajstić information content (AvgIpc) is 2.38. The number of carbonyl (C=O) groups is 1. The first kappa shape index (κ1) is 19.4. The van der Waals surface area contributed by atoms with Crippen LogP contribution in [0.4, 0.5) is 0 Å². The van der Waals surface area contributed by atoms with E-state index >= 15 is 0 Å². The number of sulfonamides is 1. The minimum atomic E-state index is -3.53. The van der Waals surface area contributed by atoms with E-state index in [2.05, 4.69) is 0 Å². The molecule has 110 valence electrons. The van der Waals surface area contributed by atoms with Gasteiger partial charge in [0.15, 0.2) is 0 Å². The summed E-state index contributed by atoms with van der Waals surface area (Å²) >= 11 is 0. The fourth-order valence-electron chi connectivity index (χ4n) is 1.77. The van der Waals surface area contributed by atoms with Gasteiger partial charge < -0.3 is 7.96 Å². The van der Waals surface area contributed by atoms with Gasteiger partial charge in [-0.2, -0.15) is 4.31 Å². The number of nitrogens with zero attached hydrogens (tertiary/aromatic N) is 1. The zero-order valence-corrected chi connectivity index (χ0v) is 14.1. The smallest absolute Gasteiger partial charge is 1.00 e. The molecule has 7 heteroatoms. The molecule has 0 aliphatic heterocycles. The molecule has 1 aromatic carbocycles. The Morgan fingerprint density at radius 2 is 1.60 bits per heavy atom. The van der Waals surface area contributed by atoms with Crippen LogP contribution < -0.4 is 0 Å². The summed E-state index contributed by atoms with van der Waals surface area (Å²) in [6.45, 7) is 4.78. The van der Waals surface area contributed by atoms with Gasteiger partial charge >= 0.3 is 29.0 Å². The third kappa shape index (κ3) is 4.73. The molecule has 0 radical (unpaired) electrons. The predicted molar refractivity (Wildman–Crippen MR) is 80.7 cm³/mol. The van der Waals surface area contributed by atoms with Gasteiger partial charge in [0.05, 0.1) is 10.5 Å². The van der Waals surface area contributed by atoms with Crippen molar-refractivity contribution in [1.82, 2.24) is 4.31 Å². The number of hydrogen-bond acceptors (Lipinski definition) is 3. The molecule has 0 amide bonds. The van der Waals surface area contributed by atoms with Gasteiger partial charge in [0.2, 0.25) is 10.0 Å². The molecular weight excluding hydrogens is 291 g/mol. The molecule has 0 saturated carbocycles. The van der Waals surface area contributed by atoms with Gasteiger partial charge in [-0.3, -0.25) is 0 Å². The summed E-state index contributed by atoms with van der Waals surface area (Å²) < 4.78 is 26.2. The van der Waals surface area contributed by atoms with Crippen molar-refractivity contribution in [3.63, 3.8) is 0 Å². The average molecular weight is 312 g/mol. The van der Waals surface area contributed by atoms with Gasteiger partial charge in [0.25, 0.3) is 0 Å². The molecule has 0 aliphatic rings. The molecule has 0 spiro atoms. The second-order valence-corrected chi connectivity index (χ2v) is 6.17. The largest absolute Gasteiger partial charge is 2.00 e. The normalized spacial score (nSPS) is 11.2. The molecule has 5 nitrogen and oxygen atoms in total. The van der Waals surface area contributed by atoms with E-state index in [4.69, 9.17) is 5.11 Å². The summed E-state index contributed by atoms with van der Waals surface area (Å²) in [6, 6.07) is 5.31. The van der Waals surface area contributed by atoms with E-state index in [1.165, 1.54) is 28.6 Å². The van der Waals surface area contributed by atoms with Gasteiger partial charge in [-0.25, -0.2) is 13.2 Å². The number of benzene rings is 1. The minimum Gasteiger partial charge on any atom is -1.00 e. The summed E-state index contributed by atoms with van der Waals surface area (Å²) in [7, 11) is -3.53. The van der Waals surface area contributed by atoms with Crippen LogP contribution >= 0.6 is 0 Å². The van der Waals surface area contributed by atoms with Gasteiger partial charge in [0, 0.05) is 13.1 Å². The Morgan fingerprint density at radius 3 is 1.95 bits per heavy atom. The van der Waals surface area contributed by atoms with E-state index in [-0.39, 0.29) is 36.4 Å². The van der Waals surface area contributed by atoms with Gasteiger partial charge in [0.1, 0.15) is 0 Å².